The fourth-order valence-corrected chi connectivity index (χ4v) is 8.39. The molecule has 0 aliphatic carbocycles. The van der Waals surface area contributed by atoms with Crippen LogP contribution in [0.25, 0.3) is 110 Å². The van der Waals surface area contributed by atoms with Gasteiger partial charge in [0.15, 0.2) is 11.2 Å². The van der Waals surface area contributed by atoms with Crippen molar-refractivity contribution < 1.29 is 4.42 Å². The van der Waals surface area contributed by atoms with E-state index in [0.717, 1.165) is 22.4 Å². The minimum Gasteiger partial charge on any atom is -0.434 e. The predicted molar refractivity (Wildman–Crippen MR) is 226 cm³/mol. The van der Waals surface area contributed by atoms with Crippen LogP contribution in [0, 0.1) is 6.92 Å². The van der Waals surface area contributed by atoms with Crippen molar-refractivity contribution in [2.75, 3.05) is 0 Å². The summed E-state index contributed by atoms with van der Waals surface area (Å²) in [6.45, 7) is 1.97. The van der Waals surface area contributed by atoms with Gasteiger partial charge in [-0.2, -0.15) is 4.98 Å². The van der Waals surface area contributed by atoms with E-state index < -0.39 is 0 Å². The molecule has 0 atom stereocenters. The second kappa shape index (κ2) is 12.0. The first-order valence-electron chi connectivity index (χ1n) is 18.4. The van der Waals surface area contributed by atoms with Gasteiger partial charge in [-0.15, -0.1) is 0 Å². The molecule has 0 aliphatic rings. The molecule has 0 saturated carbocycles. The molecular formula is C51H32N2O. The standard InChI is InChI=1S/C51H32N2O/c1-31-20-27-49-50(52-31)53-51(54-49)35-23-21-32(22-24-35)36-25-26-43-44(28-36)46(40-19-9-13-34-11-3-5-15-38(34)40)30-47-42-17-7-6-16-41(42)45(29-48(43)47)39-18-8-12-33-10-2-4-14-37(33)39/h2-30H,1H3. The highest BCUT2D eigenvalue weighted by atomic mass is 16.3. The lowest BCUT2D eigenvalue weighted by molar-refractivity contribution is 0.619. The first kappa shape index (κ1) is 30.5. The maximum Gasteiger partial charge on any atom is 0.228 e. The topological polar surface area (TPSA) is 38.9 Å². The van der Waals surface area contributed by atoms with Crippen LogP contribution in [0.3, 0.4) is 0 Å². The van der Waals surface area contributed by atoms with Crippen LogP contribution in [-0.4, -0.2) is 9.97 Å². The van der Waals surface area contributed by atoms with Gasteiger partial charge in [-0.25, -0.2) is 4.98 Å². The Labute approximate surface area is 311 Å². The Morgan fingerprint density at radius 3 is 1.57 bits per heavy atom. The molecule has 252 valence electrons. The number of rotatable bonds is 4. The van der Waals surface area contributed by atoms with E-state index in [9.17, 15) is 0 Å². The number of fused-ring (bicyclic) bond motifs is 8. The molecule has 54 heavy (non-hydrogen) atoms. The first-order chi connectivity index (χ1) is 26.7. The average Bonchev–Trinajstić information content (AvgIpc) is 3.66. The van der Waals surface area contributed by atoms with Crippen molar-refractivity contribution >= 4 is 65.1 Å². The molecule has 0 aliphatic heterocycles. The molecule has 11 aromatic rings. The van der Waals surface area contributed by atoms with Gasteiger partial charge in [-0.05, 0) is 137 Å². The fourth-order valence-electron chi connectivity index (χ4n) is 8.39. The number of hydrogen-bond donors (Lipinski definition) is 0. The third-order valence-electron chi connectivity index (χ3n) is 11.0. The number of benzene rings is 9. The van der Waals surface area contributed by atoms with Crippen LogP contribution < -0.4 is 0 Å². The summed E-state index contributed by atoms with van der Waals surface area (Å²) in [6, 6.07) is 63.8. The van der Waals surface area contributed by atoms with E-state index in [1.165, 1.54) is 76.1 Å². The number of aromatic nitrogens is 2. The molecule has 0 radical (unpaired) electrons. The maximum atomic E-state index is 6.08. The SMILES string of the molecule is Cc1ccc2oc(-c3ccc(-c4ccc5c(c4)c(-c4cccc6ccccc46)cc4c6ccccc6c(-c6cccc7ccccc67)cc54)cc3)nc2n1. The number of nitrogens with zero attached hydrogens (tertiary/aromatic N) is 2. The van der Waals surface area contributed by atoms with E-state index in [1.807, 2.05) is 19.1 Å². The molecular weight excluding hydrogens is 657 g/mol. The number of aryl methyl sites for hydroxylation is 1. The Kier molecular flexibility index (Phi) is 6.77. The second-order valence-electron chi connectivity index (χ2n) is 14.2. The summed E-state index contributed by atoms with van der Waals surface area (Å²) in [5, 5.41) is 12.5. The molecule has 3 heteroatoms. The van der Waals surface area contributed by atoms with Crippen LogP contribution in [0.2, 0.25) is 0 Å². The molecule has 0 N–H and O–H groups in total. The third kappa shape index (κ3) is 4.83. The maximum absolute atomic E-state index is 6.08. The number of oxazole rings is 1. The van der Waals surface area contributed by atoms with Crippen LogP contribution in [0.1, 0.15) is 5.69 Å². The zero-order valence-electron chi connectivity index (χ0n) is 29.5. The van der Waals surface area contributed by atoms with E-state index in [4.69, 9.17) is 4.42 Å². The zero-order chi connectivity index (χ0) is 35.8. The molecule has 0 spiro atoms. The van der Waals surface area contributed by atoms with Crippen molar-refractivity contribution in [2.24, 2.45) is 0 Å². The predicted octanol–water partition coefficient (Wildman–Crippen LogP) is 14.0. The quantitative estimate of drug-likeness (QED) is 0.173. The summed E-state index contributed by atoms with van der Waals surface area (Å²) >= 11 is 0. The summed E-state index contributed by atoms with van der Waals surface area (Å²) in [7, 11) is 0. The van der Waals surface area contributed by atoms with E-state index in [-0.39, 0.29) is 0 Å². The molecule has 3 nitrogen and oxygen atoms in total. The minimum absolute atomic E-state index is 0.576. The summed E-state index contributed by atoms with van der Waals surface area (Å²) in [5.41, 5.74) is 10.4. The number of pyridine rings is 1. The Morgan fingerprint density at radius 2 is 0.889 bits per heavy atom. The highest BCUT2D eigenvalue weighted by Crippen LogP contribution is 2.45. The van der Waals surface area contributed by atoms with Crippen LogP contribution >= 0.6 is 0 Å². The highest BCUT2D eigenvalue weighted by molar-refractivity contribution is 6.25. The molecule has 9 aromatic carbocycles. The van der Waals surface area contributed by atoms with Crippen molar-refractivity contribution in [2.45, 2.75) is 6.92 Å². The lowest BCUT2D eigenvalue weighted by Gasteiger charge is -2.18. The Bertz CT molecular complexity index is 3270. The van der Waals surface area contributed by atoms with Crippen molar-refractivity contribution in [3.05, 3.63) is 182 Å². The molecule has 0 unspecified atom stereocenters. The van der Waals surface area contributed by atoms with Gasteiger partial charge in [0.2, 0.25) is 5.89 Å². The molecule has 0 bridgehead atoms. The van der Waals surface area contributed by atoms with Crippen LogP contribution in [0.4, 0.5) is 0 Å². The number of hydrogen-bond acceptors (Lipinski definition) is 3. The minimum atomic E-state index is 0.576. The van der Waals surface area contributed by atoms with Crippen molar-refractivity contribution in [3.63, 3.8) is 0 Å². The molecule has 0 saturated heterocycles. The fraction of sp³-hybridized carbons (Fsp3) is 0.0196. The monoisotopic (exact) mass is 688 g/mol. The Morgan fingerprint density at radius 1 is 0.352 bits per heavy atom. The van der Waals surface area contributed by atoms with Crippen LogP contribution in [-0.2, 0) is 0 Å². The summed E-state index contributed by atoms with van der Waals surface area (Å²) in [6.07, 6.45) is 0. The average molecular weight is 689 g/mol. The second-order valence-corrected chi connectivity index (χ2v) is 14.2. The van der Waals surface area contributed by atoms with E-state index >= 15 is 0 Å². The molecule has 2 aromatic heterocycles. The Balaban J connectivity index is 1.16. The van der Waals surface area contributed by atoms with Gasteiger partial charge in [-0.3, -0.25) is 0 Å². The van der Waals surface area contributed by atoms with Gasteiger partial charge in [-0.1, -0.05) is 133 Å². The molecule has 11 rings (SSSR count). The van der Waals surface area contributed by atoms with E-state index in [2.05, 4.69) is 174 Å². The Hall–Kier alpha value is -7.10. The van der Waals surface area contributed by atoms with E-state index in [0.29, 0.717) is 17.1 Å². The smallest absolute Gasteiger partial charge is 0.228 e. The summed E-state index contributed by atoms with van der Waals surface area (Å²) in [4.78, 5) is 9.21. The summed E-state index contributed by atoms with van der Waals surface area (Å²) in [5.74, 6) is 0.576. The zero-order valence-corrected chi connectivity index (χ0v) is 29.5. The van der Waals surface area contributed by atoms with E-state index in [1.54, 1.807) is 0 Å². The lowest BCUT2D eigenvalue weighted by atomic mass is 9.85. The van der Waals surface area contributed by atoms with Crippen molar-refractivity contribution in [1.29, 1.82) is 0 Å². The van der Waals surface area contributed by atoms with Gasteiger partial charge in [0.05, 0.1) is 0 Å². The van der Waals surface area contributed by atoms with Gasteiger partial charge in [0, 0.05) is 11.3 Å². The van der Waals surface area contributed by atoms with Crippen molar-refractivity contribution in [3.8, 4) is 44.8 Å². The van der Waals surface area contributed by atoms with Crippen LogP contribution in [0.5, 0.6) is 0 Å². The van der Waals surface area contributed by atoms with Gasteiger partial charge < -0.3 is 4.42 Å². The molecule has 0 amide bonds. The summed E-state index contributed by atoms with van der Waals surface area (Å²) < 4.78 is 6.08. The highest BCUT2D eigenvalue weighted by Gasteiger charge is 2.18. The van der Waals surface area contributed by atoms with Gasteiger partial charge in [0.25, 0.3) is 0 Å². The first-order valence-corrected chi connectivity index (χ1v) is 18.4. The molecule has 0 fully saturated rings. The van der Waals surface area contributed by atoms with Gasteiger partial charge >= 0.3 is 0 Å². The molecule has 2 heterocycles. The third-order valence-corrected chi connectivity index (χ3v) is 11.0. The van der Waals surface area contributed by atoms with Gasteiger partial charge in [0.1, 0.15) is 0 Å². The van der Waals surface area contributed by atoms with Crippen molar-refractivity contribution in [1.82, 2.24) is 9.97 Å². The van der Waals surface area contributed by atoms with Crippen LogP contribution in [0.15, 0.2) is 180 Å². The normalized spacial score (nSPS) is 11.8. The lowest BCUT2D eigenvalue weighted by Crippen LogP contribution is -1.91. The largest absolute Gasteiger partial charge is 0.434 e.